The van der Waals surface area contributed by atoms with Crippen molar-refractivity contribution < 1.29 is 18.7 Å². The molecular weight excluding hydrogens is 306 g/mol. The number of ether oxygens (including phenoxy) is 1. The molecule has 5 heteroatoms. The van der Waals surface area contributed by atoms with Crippen LogP contribution >= 0.6 is 0 Å². The first-order chi connectivity index (χ1) is 11.5. The molecule has 0 unspecified atom stereocenters. The van der Waals surface area contributed by atoms with Crippen LogP contribution in [-0.4, -0.2) is 17.9 Å². The van der Waals surface area contributed by atoms with Gasteiger partial charge in [0.15, 0.2) is 0 Å². The molecule has 3 rings (SSSR count). The summed E-state index contributed by atoms with van der Waals surface area (Å²) in [5, 5.41) is 2.90. The summed E-state index contributed by atoms with van der Waals surface area (Å²) in [6.45, 7) is 5.33. The largest absolute Gasteiger partial charge is 0.465 e. The fourth-order valence-electron chi connectivity index (χ4n) is 2.67. The number of amides is 1. The van der Waals surface area contributed by atoms with Gasteiger partial charge in [-0.15, -0.1) is 0 Å². The molecule has 1 N–H and O–H groups in total. The summed E-state index contributed by atoms with van der Waals surface area (Å²) in [4.78, 5) is 25.2. The van der Waals surface area contributed by atoms with Crippen LogP contribution in [0.25, 0.3) is 0 Å². The Balaban J connectivity index is 1.85. The standard InChI is InChI=1S/C19H21NO4/c1-11-12(2)23-13(3)16(11)19(22)24-17(14-7-5-4-6-8-14)18(21)20-15-9-10-15/h4-8,15,17H,9-10H2,1-3H3,(H,20,21)/t17-/m1/s1. The molecule has 0 radical (unpaired) electrons. The molecule has 1 heterocycles. The minimum atomic E-state index is -0.965. The van der Waals surface area contributed by atoms with Crippen LogP contribution in [0.15, 0.2) is 34.7 Å². The number of benzene rings is 1. The van der Waals surface area contributed by atoms with Crippen LogP contribution in [0.3, 0.4) is 0 Å². The summed E-state index contributed by atoms with van der Waals surface area (Å²) in [6, 6.07) is 9.25. The van der Waals surface area contributed by atoms with E-state index in [1.807, 2.05) is 25.1 Å². The first-order valence-electron chi connectivity index (χ1n) is 8.10. The van der Waals surface area contributed by atoms with Crippen LogP contribution in [-0.2, 0) is 9.53 Å². The number of aryl methyl sites for hydroxylation is 2. The summed E-state index contributed by atoms with van der Waals surface area (Å²) < 4.78 is 11.1. The number of carbonyl (C=O) groups excluding carboxylic acids is 2. The van der Waals surface area contributed by atoms with E-state index in [4.69, 9.17) is 9.15 Å². The quantitative estimate of drug-likeness (QED) is 0.855. The Morgan fingerprint density at radius 3 is 2.33 bits per heavy atom. The van der Waals surface area contributed by atoms with Gasteiger partial charge in [-0.2, -0.15) is 0 Å². The van der Waals surface area contributed by atoms with Gasteiger partial charge in [0.2, 0.25) is 6.10 Å². The molecule has 126 valence electrons. The highest BCUT2D eigenvalue weighted by molar-refractivity contribution is 5.95. The minimum absolute atomic E-state index is 0.196. The zero-order valence-electron chi connectivity index (χ0n) is 14.1. The van der Waals surface area contributed by atoms with Crippen LogP contribution in [0, 0.1) is 20.8 Å². The molecule has 1 aliphatic rings. The number of carbonyl (C=O) groups is 2. The van der Waals surface area contributed by atoms with Crippen molar-refractivity contribution in [3.63, 3.8) is 0 Å². The van der Waals surface area contributed by atoms with Crippen molar-refractivity contribution in [2.75, 3.05) is 0 Å². The molecule has 1 aromatic heterocycles. The smallest absolute Gasteiger partial charge is 0.343 e. The topological polar surface area (TPSA) is 68.5 Å². The number of furan rings is 1. The maximum absolute atomic E-state index is 12.6. The second-order valence-electron chi connectivity index (χ2n) is 6.19. The summed E-state index contributed by atoms with van der Waals surface area (Å²) in [5.41, 5.74) is 1.79. The average Bonchev–Trinajstić information content (AvgIpc) is 3.32. The zero-order valence-corrected chi connectivity index (χ0v) is 14.1. The predicted octanol–water partition coefficient (Wildman–Crippen LogP) is 3.38. The Morgan fingerprint density at radius 2 is 1.79 bits per heavy atom. The van der Waals surface area contributed by atoms with Gasteiger partial charge in [-0.25, -0.2) is 4.79 Å². The molecular formula is C19H21NO4. The van der Waals surface area contributed by atoms with Gasteiger partial charge in [0.1, 0.15) is 17.1 Å². The van der Waals surface area contributed by atoms with Crippen LogP contribution < -0.4 is 5.32 Å². The average molecular weight is 327 g/mol. The lowest BCUT2D eigenvalue weighted by molar-refractivity contribution is -0.130. The van der Waals surface area contributed by atoms with E-state index in [1.165, 1.54) is 0 Å². The van der Waals surface area contributed by atoms with E-state index in [0.29, 0.717) is 22.6 Å². The van der Waals surface area contributed by atoms with E-state index >= 15 is 0 Å². The molecule has 1 atom stereocenters. The van der Waals surface area contributed by atoms with Gasteiger partial charge >= 0.3 is 5.97 Å². The fourth-order valence-corrected chi connectivity index (χ4v) is 2.67. The van der Waals surface area contributed by atoms with Gasteiger partial charge in [-0.3, -0.25) is 4.79 Å². The van der Waals surface area contributed by atoms with Crippen molar-refractivity contribution in [2.45, 2.75) is 45.8 Å². The highest BCUT2D eigenvalue weighted by Crippen LogP contribution is 2.27. The van der Waals surface area contributed by atoms with E-state index in [1.54, 1.807) is 26.0 Å². The lowest BCUT2D eigenvalue weighted by Gasteiger charge is -2.18. The normalized spacial score (nSPS) is 15.0. The molecule has 1 amide bonds. The minimum Gasteiger partial charge on any atom is -0.465 e. The predicted molar refractivity (Wildman–Crippen MR) is 88.7 cm³/mol. The Morgan fingerprint density at radius 1 is 1.12 bits per heavy atom. The van der Waals surface area contributed by atoms with Crippen molar-refractivity contribution in [1.29, 1.82) is 0 Å². The van der Waals surface area contributed by atoms with Gasteiger partial charge in [-0.05, 0) is 33.6 Å². The number of hydrogen-bond donors (Lipinski definition) is 1. The fraction of sp³-hybridized carbons (Fsp3) is 0.368. The van der Waals surface area contributed by atoms with E-state index in [0.717, 1.165) is 18.4 Å². The molecule has 1 aliphatic carbocycles. The Labute approximate surface area is 141 Å². The summed E-state index contributed by atoms with van der Waals surface area (Å²) in [6.07, 6.45) is 0.981. The zero-order chi connectivity index (χ0) is 17.3. The molecule has 1 aromatic carbocycles. The van der Waals surface area contributed by atoms with Crippen LogP contribution in [0.4, 0.5) is 0 Å². The van der Waals surface area contributed by atoms with Crippen molar-refractivity contribution in [1.82, 2.24) is 5.32 Å². The van der Waals surface area contributed by atoms with Crippen LogP contribution in [0.1, 0.15) is 52.0 Å². The lowest BCUT2D eigenvalue weighted by atomic mass is 10.1. The highest BCUT2D eigenvalue weighted by Gasteiger charge is 2.32. The van der Waals surface area contributed by atoms with E-state index < -0.39 is 12.1 Å². The van der Waals surface area contributed by atoms with Crippen molar-refractivity contribution in [2.24, 2.45) is 0 Å². The molecule has 0 aliphatic heterocycles. The number of rotatable bonds is 5. The third kappa shape index (κ3) is 3.35. The molecule has 1 saturated carbocycles. The van der Waals surface area contributed by atoms with Gasteiger partial charge in [0.25, 0.3) is 5.91 Å². The van der Waals surface area contributed by atoms with E-state index in [9.17, 15) is 9.59 Å². The molecule has 1 fully saturated rings. The number of nitrogens with one attached hydrogen (secondary N) is 1. The van der Waals surface area contributed by atoms with Gasteiger partial charge in [0, 0.05) is 17.2 Å². The van der Waals surface area contributed by atoms with E-state index in [2.05, 4.69) is 5.32 Å². The molecule has 0 bridgehead atoms. The summed E-state index contributed by atoms with van der Waals surface area (Å²) >= 11 is 0. The van der Waals surface area contributed by atoms with Crippen LogP contribution in [0.5, 0.6) is 0 Å². The SMILES string of the molecule is Cc1oc(C)c(C(=O)O[C@@H](C(=O)NC2CC2)c2ccccc2)c1C. The highest BCUT2D eigenvalue weighted by atomic mass is 16.5. The summed E-state index contributed by atoms with van der Waals surface area (Å²) in [5.74, 6) is 0.358. The van der Waals surface area contributed by atoms with Gasteiger partial charge < -0.3 is 14.5 Å². The van der Waals surface area contributed by atoms with Crippen molar-refractivity contribution in [3.05, 3.63) is 58.5 Å². The molecule has 0 spiro atoms. The molecule has 0 saturated heterocycles. The Kier molecular flexibility index (Phi) is 4.42. The van der Waals surface area contributed by atoms with Gasteiger partial charge in [-0.1, -0.05) is 30.3 Å². The molecule has 24 heavy (non-hydrogen) atoms. The number of hydrogen-bond acceptors (Lipinski definition) is 4. The maximum atomic E-state index is 12.6. The maximum Gasteiger partial charge on any atom is 0.343 e. The first kappa shape index (κ1) is 16.3. The summed E-state index contributed by atoms with van der Waals surface area (Å²) in [7, 11) is 0. The third-order valence-corrected chi connectivity index (χ3v) is 4.25. The molecule has 5 nitrogen and oxygen atoms in total. The molecule has 2 aromatic rings. The Bertz CT molecular complexity index is 759. The van der Waals surface area contributed by atoms with Crippen molar-refractivity contribution >= 4 is 11.9 Å². The second kappa shape index (κ2) is 6.51. The van der Waals surface area contributed by atoms with Crippen molar-refractivity contribution in [3.8, 4) is 0 Å². The van der Waals surface area contributed by atoms with E-state index in [-0.39, 0.29) is 11.9 Å². The monoisotopic (exact) mass is 327 g/mol. The van der Waals surface area contributed by atoms with Gasteiger partial charge in [0.05, 0.1) is 0 Å². The number of esters is 1. The second-order valence-corrected chi connectivity index (χ2v) is 6.19. The Hall–Kier alpha value is -2.56. The lowest BCUT2D eigenvalue weighted by Crippen LogP contribution is -2.33. The third-order valence-electron chi connectivity index (χ3n) is 4.25. The first-order valence-corrected chi connectivity index (χ1v) is 8.10. The van der Waals surface area contributed by atoms with Crippen LogP contribution in [0.2, 0.25) is 0 Å².